The monoisotopic (exact) mass is 282 g/mol. The highest BCUT2D eigenvalue weighted by Crippen LogP contribution is 2.39. The molecular weight excluding hydrogens is 256 g/mol. The molecule has 114 valence electrons. The number of carbonyl (C=O) groups is 2. The number of aliphatic carboxylic acids is 1. The van der Waals surface area contributed by atoms with Crippen LogP contribution in [0.1, 0.15) is 58.8 Å². The van der Waals surface area contributed by atoms with Crippen LogP contribution in [0.5, 0.6) is 0 Å². The molecule has 3 unspecified atom stereocenters. The average molecular weight is 282 g/mol. The van der Waals surface area contributed by atoms with E-state index < -0.39 is 5.97 Å². The van der Waals surface area contributed by atoms with Crippen LogP contribution in [-0.4, -0.2) is 40.1 Å². The van der Waals surface area contributed by atoms with Gasteiger partial charge in [-0.15, -0.1) is 0 Å². The lowest BCUT2D eigenvalue weighted by Gasteiger charge is -2.39. The van der Waals surface area contributed by atoms with Gasteiger partial charge in [-0.2, -0.15) is 0 Å². The Morgan fingerprint density at radius 3 is 2.40 bits per heavy atom. The van der Waals surface area contributed by atoms with E-state index in [1.54, 1.807) is 0 Å². The minimum atomic E-state index is -0.719. The molecule has 2 saturated heterocycles. The van der Waals surface area contributed by atoms with Gasteiger partial charge in [-0.05, 0) is 44.9 Å². The molecule has 2 heterocycles. The van der Waals surface area contributed by atoms with E-state index in [-0.39, 0.29) is 36.5 Å². The number of carboxylic acids is 1. The largest absolute Gasteiger partial charge is 0.481 e. The quantitative estimate of drug-likeness (QED) is 0.814. The van der Waals surface area contributed by atoms with E-state index in [9.17, 15) is 9.59 Å². The lowest BCUT2D eigenvalue weighted by atomic mass is 9.88. The molecule has 0 aromatic carbocycles. The predicted molar refractivity (Wildman–Crippen MR) is 76.5 cm³/mol. The van der Waals surface area contributed by atoms with E-state index >= 15 is 0 Å². The Morgan fingerprint density at radius 2 is 1.90 bits per heavy atom. The molecule has 5 nitrogen and oxygen atoms in total. The molecule has 2 fully saturated rings. The standard InChI is InChI=1S/C15H26N2O3/c1-3-4-10(2)16-15(20)17-12-5-6-13(17)8-11(7-12)9-14(18)19/h10-13H,3-9H2,1-2H3,(H,16,20)(H,18,19). The van der Waals surface area contributed by atoms with Crippen molar-refractivity contribution in [3.8, 4) is 0 Å². The molecule has 0 saturated carbocycles. The number of nitrogens with one attached hydrogen (secondary N) is 1. The number of carboxylic acid groups (broad SMARTS) is 1. The van der Waals surface area contributed by atoms with Gasteiger partial charge in [0.25, 0.3) is 0 Å². The SMILES string of the molecule is CCCC(C)NC(=O)N1C2CCC1CC(CC(=O)O)C2. The van der Waals surface area contributed by atoms with Crippen molar-refractivity contribution in [2.24, 2.45) is 5.92 Å². The van der Waals surface area contributed by atoms with E-state index in [1.807, 2.05) is 11.8 Å². The van der Waals surface area contributed by atoms with Crippen molar-refractivity contribution < 1.29 is 14.7 Å². The summed E-state index contributed by atoms with van der Waals surface area (Å²) in [5.74, 6) is -0.481. The Morgan fingerprint density at radius 1 is 1.30 bits per heavy atom. The summed E-state index contributed by atoms with van der Waals surface area (Å²) in [6.07, 6.45) is 6.05. The second-order valence-corrected chi connectivity index (χ2v) is 6.37. The Balaban J connectivity index is 1.91. The van der Waals surface area contributed by atoms with Crippen molar-refractivity contribution in [2.45, 2.75) is 76.9 Å². The molecule has 2 N–H and O–H groups in total. The van der Waals surface area contributed by atoms with Gasteiger partial charge in [-0.3, -0.25) is 4.79 Å². The Labute approximate surface area is 120 Å². The van der Waals surface area contributed by atoms with Gasteiger partial charge in [0.05, 0.1) is 0 Å². The second kappa shape index (κ2) is 6.46. The van der Waals surface area contributed by atoms with Gasteiger partial charge in [0, 0.05) is 24.5 Å². The summed E-state index contributed by atoms with van der Waals surface area (Å²) in [4.78, 5) is 25.2. The highest BCUT2D eigenvalue weighted by Gasteiger charge is 2.43. The molecule has 3 atom stereocenters. The fourth-order valence-corrected chi connectivity index (χ4v) is 3.83. The number of piperidine rings is 1. The summed E-state index contributed by atoms with van der Waals surface area (Å²) in [6.45, 7) is 4.16. The van der Waals surface area contributed by atoms with Crippen LogP contribution in [0.4, 0.5) is 4.79 Å². The summed E-state index contributed by atoms with van der Waals surface area (Å²) < 4.78 is 0. The van der Waals surface area contributed by atoms with Crippen molar-refractivity contribution in [1.29, 1.82) is 0 Å². The van der Waals surface area contributed by atoms with Crippen molar-refractivity contribution in [3.05, 3.63) is 0 Å². The first-order valence-electron chi connectivity index (χ1n) is 7.81. The number of urea groups is 1. The number of rotatable bonds is 5. The zero-order valence-electron chi connectivity index (χ0n) is 12.5. The fraction of sp³-hybridized carbons (Fsp3) is 0.867. The highest BCUT2D eigenvalue weighted by molar-refractivity contribution is 5.76. The Bertz CT molecular complexity index is 358. The van der Waals surface area contributed by atoms with Gasteiger partial charge in [-0.1, -0.05) is 13.3 Å². The normalized spacial score (nSPS) is 30.1. The molecule has 2 aliphatic heterocycles. The first-order chi connectivity index (χ1) is 9.51. The van der Waals surface area contributed by atoms with Crippen LogP contribution in [-0.2, 0) is 4.79 Å². The van der Waals surface area contributed by atoms with E-state index in [0.29, 0.717) is 0 Å². The number of hydrogen-bond acceptors (Lipinski definition) is 2. The van der Waals surface area contributed by atoms with E-state index in [2.05, 4.69) is 12.2 Å². The molecule has 0 aromatic rings. The molecular formula is C15H26N2O3. The zero-order valence-corrected chi connectivity index (χ0v) is 12.5. The Kier molecular flexibility index (Phi) is 4.89. The van der Waals surface area contributed by atoms with Crippen molar-refractivity contribution in [3.63, 3.8) is 0 Å². The van der Waals surface area contributed by atoms with Crippen LogP contribution >= 0.6 is 0 Å². The van der Waals surface area contributed by atoms with E-state index in [1.165, 1.54) is 0 Å². The van der Waals surface area contributed by atoms with Gasteiger partial charge in [0.2, 0.25) is 0 Å². The third-order valence-electron chi connectivity index (χ3n) is 4.62. The van der Waals surface area contributed by atoms with Gasteiger partial charge in [0.15, 0.2) is 0 Å². The molecule has 2 rings (SSSR count). The molecule has 0 aliphatic carbocycles. The van der Waals surface area contributed by atoms with Crippen LogP contribution in [0.3, 0.4) is 0 Å². The molecule has 0 aromatic heterocycles. The lowest BCUT2D eigenvalue weighted by molar-refractivity contribution is -0.138. The van der Waals surface area contributed by atoms with E-state index in [0.717, 1.165) is 38.5 Å². The summed E-state index contributed by atoms with van der Waals surface area (Å²) in [5.41, 5.74) is 0. The van der Waals surface area contributed by atoms with Crippen LogP contribution in [0.25, 0.3) is 0 Å². The van der Waals surface area contributed by atoms with Crippen LogP contribution in [0.15, 0.2) is 0 Å². The summed E-state index contributed by atoms with van der Waals surface area (Å²) in [7, 11) is 0. The third-order valence-corrected chi connectivity index (χ3v) is 4.62. The van der Waals surface area contributed by atoms with Crippen molar-refractivity contribution in [2.75, 3.05) is 0 Å². The maximum absolute atomic E-state index is 12.4. The number of nitrogens with zero attached hydrogens (tertiary/aromatic N) is 1. The van der Waals surface area contributed by atoms with Crippen LogP contribution in [0, 0.1) is 5.92 Å². The molecule has 2 aliphatic rings. The maximum Gasteiger partial charge on any atom is 0.318 e. The Hall–Kier alpha value is -1.26. The third kappa shape index (κ3) is 3.44. The van der Waals surface area contributed by atoms with Gasteiger partial charge in [0.1, 0.15) is 0 Å². The summed E-state index contributed by atoms with van der Waals surface area (Å²) in [6, 6.07) is 0.745. The molecule has 0 radical (unpaired) electrons. The number of amides is 2. The molecule has 0 spiro atoms. The average Bonchev–Trinajstić information content (AvgIpc) is 2.61. The first kappa shape index (κ1) is 15.1. The van der Waals surface area contributed by atoms with Crippen molar-refractivity contribution >= 4 is 12.0 Å². The van der Waals surface area contributed by atoms with Gasteiger partial charge >= 0.3 is 12.0 Å². The van der Waals surface area contributed by atoms with Gasteiger partial charge in [-0.25, -0.2) is 4.79 Å². The predicted octanol–water partition coefficient (Wildman–Crippen LogP) is 2.60. The van der Waals surface area contributed by atoms with E-state index in [4.69, 9.17) is 5.11 Å². The van der Waals surface area contributed by atoms with Crippen LogP contribution in [0.2, 0.25) is 0 Å². The molecule has 2 bridgehead atoms. The summed E-state index contributed by atoms with van der Waals surface area (Å²) >= 11 is 0. The number of carbonyl (C=O) groups excluding carboxylic acids is 1. The van der Waals surface area contributed by atoms with Gasteiger partial charge < -0.3 is 15.3 Å². The minimum Gasteiger partial charge on any atom is -0.481 e. The zero-order chi connectivity index (χ0) is 14.7. The fourth-order valence-electron chi connectivity index (χ4n) is 3.83. The smallest absolute Gasteiger partial charge is 0.318 e. The number of hydrogen-bond donors (Lipinski definition) is 2. The minimum absolute atomic E-state index is 0.0484. The van der Waals surface area contributed by atoms with Crippen molar-refractivity contribution in [1.82, 2.24) is 10.2 Å². The summed E-state index contributed by atoms with van der Waals surface area (Å²) in [5, 5.41) is 12.0. The highest BCUT2D eigenvalue weighted by atomic mass is 16.4. The number of fused-ring (bicyclic) bond motifs is 2. The topological polar surface area (TPSA) is 69.6 Å². The lowest BCUT2D eigenvalue weighted by Crippen LogP contribution is -2.52. The molecule has 20 heavy (non-hydrogen) atoms. The molecule has 2 amide bonds. The second-order valence-electron chi connectivity index (χ2n) is 6.37. The maximum atomic E-state index is 12.4. The molecule has 5 heteroatoms. The van der Waals surface area contributed by atoms with Crippen LogP contribution < -0.4 is 5.32 Å². The first-order valence-corrected chi connectivity index (χ1v) is 7.81.